The summed E-state index contributed by atoms with van der Waals surface area (Å²) in [6, 6.07) is 5.22. The van der Waals surface area contributed by atoms with E-state index < -0.39 is 6.10 Å². The van der Waals surface area contributed by atoms with Crippen LogP contribution in [0.4, 0.5) is 0 Å². The normalized spacial score (nSPS) is 12.0. The Bertz CT molecular complexity index is 446. The molecule has 0 saturated carbocycles. The molecule has 0 aliphatic heterocycles. The second-order valence-electron chi connectivity index (χ2n) is 4.82. The predicted octanol–water partition coefficient (Wildman–Crippen LogP) is 3.90. The summed E-state index contributed by atoms with van der Waals surface area (Å²) in [6.45, 7) is 4.46. The predicted molar refractivity (Wildman–Crippen MR) is 82.7 cm³/mol. The van der Waals surface area contributed by atoms with Crippen molar-refractivity contribution in [3.63, 3.8) is 0 Å². The van der Waals surface area contributed by atoms with Gasteiger partial charge in [0.15, 0.2) is 0 Å². The summed E-state index contributed by atoms with van der Waals surface area (Å²) in [7, 11) is 0. The van der Waals surface area contributed by atoms with Crippen LogP contribution in [0, 0.1) is 0 Å². The van der Waals surface area contributed by atoms with Crippen molar-refractivity contribution in [1.82, 2.24) is 0 Å². The molecule has 5 heteroatoms. The van der Waals surface area contributed by atoms with Gasteiger partial charge in [0.2, 0.25) is 0 Å². The SMILES string of the molecule is CCOC(=O)CCCCCOc1ccc(Cl)cc1[C@H](C)O. The molecular weight excluding hydrogens is 292 g/mol. The summed E-state index contributed by atoms with van der Waals surface area (Å²) < 4.78 is 10.5. The Balaban J connectivity index is 2.28. The number of esters is 1. The first-order chi connectivity index (χ1) is 10.0. The van der Waals surface area contributed by atoms with Crippen LogP contribution < -0.4 is 4.74 Å². The van der Waals surface area contributed by atoms with E-state index in [0.717, 1.165) is 19.3 Å². The fourth-order valence-corrected chi connectivity index (χ4v) is 2.12. The summed E-state index contributed by atoms with van der Waals surface area (Å²) in [5.41, 5.74) is 0.689. The van der Waals surface area contributed by atoms with Crippen molar-refractivity contribution >= 4 is 17.6 Å². The van der Waals surface area contributed by atoms with E-state index in [2.05, 4.69) is 0 Å². The summed E-state index contributed by atoms with van der Waals surface area (Å²) >= 11 is 5.91. The van der Waals surface area contributed by atoms with Gasteiger partial charge >= 0.3 is 5.97 Å². The van der Waals surface area contributed by atoms with Gasteiger partial charge in [0, 0.05) is 17.0 Å². The lowest BCUT2D eigenvalue weighted by Gasteiger charge is -2.13. The van der Waals surface area contributed by atoms with E-state index in [-0.39, 0.29) is 5.97 Å². The van der Waals surface area contributed by atoms with Crippen molar-refractivity contribution in [2.75, 3.05) is 13.2 Å². The van der Waals surface area contributed by atoms with Crippen LogP contribution in [-0.4, -0.2) is 24.3 Å². The van der Waals surface area contributed by atoms with Gasteiger partial charge in [-0.2, -0.15) is 0 Å². The van der Waals surface area contributed by atoms with Gasteiger partial charge < -0.3 is 14.6 Å². The first-order valence-electron chi connectivity index (χ1n) is 7.30. The molecule has 0 fully saturated rings. The summed E-state index contributed by atoms with van der Waals surface area (Å²) in [5, 5.41) is 10.3. The second-order valence-corrected chi connectivity index (χ2v) is 5.26. The number of hydrogen-bond donors (Lipinski definition) is 1. The first-order valence-corrected chi connectivity index (χ1v) is 7.68. The zero-order valence-electron chi connectivity index (χ0n) is 12.6. The van der Waals surface area contributed by atoms with Crippen molar-refractivity contribution < 1.29 is 19.4 Å². The average Bonchev–Trinajstić information content (AvgIpc) is 2.44. The standard InChI is InChI=1S/C16H23ClO4/c1-3-20-16(19)7-5-4-6-10-21-15-9-8-13(17)11-14(15)12(2)18/h8-9,11-12,18H,3-7,10H2,1-2H3/t12-/m0/s1. The maximum Gasteiger partial charge on any atom is 0.305 e. The van der Waals surface area contributed by atoms with Crippen molar-refractivity contribution in [1.29, 1.82) is 0 Å². The largest absolute Gasteiger partial charge is 0.493 e. The van der Waals surface area contributed by atoms with Crippen LogP contribution in [0.5, 0.6) is 5.75 Å². The molecule has 118 valence electrons. The van der Waals surface area contributed by atoms with E-state index in [0.29, 0.717) is 36.0 Å². The number of rotatable bonds is 9. The Morgan fingerprint density at radius 3 is 2.76 bits per heavy atom. The minimum Gasteiger partial charge on any atom is -0.493 e. The molecule has 1 rings (SSSR count). The van der Waals surface area contributed by atoms with Gasteiger partial charge in [0.1, 0.15) is 5.75 Å². The third kappa shape index (κ3) is 6.82. The first kappa shape index (κ1) is 17.8. The van der Waals surface area contributed by atoms with Gasteiger partial charge in [-0.05, 0) is 51.3 Å². The fraction of sp³-hybridized carbons (Fsp3) is 0.562. The average molecular weight is 315 g/mol. The number of carbonyl (C=O) groups is 1. The second kappa shape index (κ2) is 9.64. The van der Waals surface area contributed by atoms with Gasteiger partial charge in [-0.15, -0.1) is 0 Å². The quantitative estimate of drug-likeness (QED) is 0.555. The molecule has 1 atom stereocenters. The number of benzene rings is 1. The van der Waals surface area contributed by atoms with Crippen LogP contribution >= 0.6 is 11.6 Å². The third-order valence-electron chi connectivity index (χ3n) is 3.01. The lowest BCUT2D eigenvalue weighted by molar-refractivity contribution is -0.143. The van der Waals surface area contributed by atoms with Gasteiger partial charge in [0.25, 0.3) is 0 Å². The Morgan fingerprint density at radius 2 is 2.10 bits per heavy atom. The monoisotopic (exact) mass is 314 g/mol. The highest BCUT2D eigenvalue weighted by Crippen LogP contribution is 2.28. The zero-order chi connectivity index (χ0) is 15.7. The van der Waals surface area contributed by atoms with Crippen molar-refractivity contribution in [3.05, 3.63) is 28.8 Å². The Kier molecular flexibility index (Phi) is 8.16. The molecule has 1 N–H and O–H groups in total. The number of carbonyl (C=O) groups excluding carboxylic acids is 1. The summed E-state index contributed by atoms with van der Waals surface area (Å²) in [5.74, 6) is 0.507. The van der Waals surface area contributed by atoms with Crippen molar-refractivity contribution in [2.45, 2.75) is 45.6 Å². The molecule has 1 aromatic rings. The number of unbranched alkanes of at least 4 members (excludes halogenated alkanes) is 2. The van der Waals surface area contributed by atoms with Crippen LogP contribution in [0.2, 0.25) is 5.02 Å². The molecule has 0 aliphatic rings. The van der Waals surface area contributed by atoms with Gasteiger partial charge in [0.05, 0.1) is 19.3 Å². The highest BCUT2D eigenvalue weighted by atomic mass is 35.5. The number of hydrogen-bond acceptors (Lipinski definition) is 4. The Labute approximate surface area is 131 Å². The van der Waals surface area contributed by atoms with Gasteiger partial charge in [-0.1, -0.05) is 11.6 Å². The van der Waals surface area contributed by atoms with Crippen molar-refractivity contribution in [2.24, 2.45) is 0 Å². The maximum atomic E-state index is 11.2. The fourth-order valence-electron chi connectivity index (χ4n) is 1.94. The highest BCUT2D eigenvalue weighted by molar-refractivity contribution is 6.30. The molecule has 1 aromatic carbocycles. The number of halogens is 1. The lowest BCUT2D eigenvalue weighted by atomic mass is 10.1. The van der Waals surface area contributed by atoms with Gasteiger partial charge in [-0.25, -0.2) is 0 Å². The van der Waals surface area contributed by atoms with E-state index in [9.17, 15) is 9.90 Å². The molecular formula is C16H23ClO4. The van der Waals surface area contributed by atoms with Crippen LogP contribution in [-0.2, 0) is 9.53 Å². The third-order valence-corrected chi connectivity index (χ3v) is 3.25. The molecule has 4 nitrogen and oxygen atoms in total. The van der Waals surface area contributed by atoms with E-state index in [4.69, 9.17) is 21.1 Å². The Hall–Kier alpha value is -1.26. The smallest absolute Gasteiger partial charge is 0.305 e. The van der Waals surface area contributed by atoms with Gasteiger partial charge in [-0.3, -0.25) is 4.79 Å². The van der Waals surface area contributed by atoms with Crippen molar-refractivity contribution in [3.8, 4) is 5.75 Å². The zero-order valence-corrected chi connectivity index (χ0v) is 13.4. The molecule has 0 bridgehead atoms. The van der Waals surface area contributed by atoms with Crippen LogP contribution in [0.1, 0.15) is 51.2 Å². The van der Waals surface area contributed by atoms with E-state index in [1.807, 2.05) is 0 Å². The highest BCUT2D eigenvalue weighted by Gasteiger charge is 2.10. The van der Waals surface area contributed by atoms with Crippen LogP contribution in [0.25, 0.3) is 0 Å². The molecule has 0 aromatic heterocycles. The minimum atomic E-state index is -0.623. The molecule has 21 heavy (non-hydrogen) atoms. The minimum absolute atomic E-state index is 0.146. The molecule has 0 aliphatic carbocycles. The molecule has 0 amide bonds. The molecule has 0 heterocycles. The number of aliphatic hydroxyl groups excluding tert-OH is 1. The van der Waals surface area contributed by atoms with E-state index in [1.54, 1.807) is 32.0 Å². The number of ether oxygens (including phenoxy) is 2. The lowest BCUT2D eigenvalue weighted by Crippen LogP contribution is -2.05. The number of aliphatic hydroxyl groups is 1. The Morgan fingerprint density at radius 1 is 1.33 bits per heavy atom. The topological polar surface area (TPSA) is 55.8 Å². The summed E-state index contributed by atoms with van der Waals surface area (Å²) in [6.07, 6.45) is 2.37. The van der Waals surface area contributed by atoms with Crippen LogP contribution in [0.15, 0.2) is 18.2 Å². The molecule has 0 saturated heterocycles. The maximum absolute atomic E-state index is 11.2. The molecule has 0 spiro atoms. The summed E-state index contributed by atoms with van der Waals surface area (Å²) in [4.78, 5) is 11.2. The molecule has 0 unspecified atom stereocenters. The van der Waals surface area contributed by atoms with E-state index >= 15 is 0 Å². The molecule has 0 radical (unpaired) electrons. The van der Waals surface area contributed by atoms with E-state index in [1.165, 1.54) is 0 Å². The van der Waals surface area contributed by atoms with Crippen LogP contribution in [0.3, 0.4) is 0 Å².